The molecule has 0 radical (unpaired) electrons. The highest BCUT2D eigenvalue weighted by molar-refractivity contribution is 6.53. The maximum absolute atomic E-state index is 13.1. The molecule has 3 aromatic carbocycles. The Balaban J connectivity index is 1.48. The minimum Gasteiger partial charge on any atom is -0.459 e. The predicted molar refractivity (Wildman–Crippen MR) is 147 cm³/mol. The Kier molecular flexibility index (Phi) is 8.06. The smallest absolute Gasteiger partial charge is 0.338 e. The number of amides is 3. The summed E-state index contributed by atoms with van der Waals surface area (Å²) in [5.74, 6) is -2.44. The van der Waals surface area contributed by atoms with Crippen molar-refractivity contribution in [3.05, 3.63) is 98.6 Å². The molecule has 1 aliphatic heterocycles. The SMILES string of the molecule is CC(C)OC(=O)c1cccc(N2C(=O)C(Cl)=C(Nc3ccc(C(=O)Nc4ccc(Cl)cc4Cl)cc3)C2=O)c1. The molecule has 0 saturated carbocycles. The van der Waals surface area contributed by atoms with Gasteiger partial charge in [0.25, 0.3) is 17.7 Å². The van der Waals surface area contributed by atoms with Crippen molar-refractivity contribution >= 4 is 75.6 Å². The normalized spacial score (nSPS) is 13.3. The van der Waals surface area contributed by atoms with Gasteiger partial charge in [-0.15, -0.1) is 0 Å². The van der Waals surface area contributed by atoms with E-state index in [2.05, 4.69) is 10.6 Å². The molecule has 0 atom stereocenters. The average Bonchev–Trinajstić information content (AvgIpc) is 3.08. The number of anilines is 3. The van der Waals surface area contributed by atoms with Gasteiger partial charge in [0.2, 0.25) is 0 Å². The van der Waals surface area contributed by atoms with Gasteiger partial charge in [-0.1, -0.05) is 40.9 Å². The van der Waals surface area contributed by atoms with Gasteiger partial charge in [0, 0.05) is 16.3 Å². The molecule has 1 heterocycles. The Morgan fingerprint density at radius 3 is 2.24 bits per heavy atom. The summed E-state index contributed by atoms with van der Waals surface area (Å²) in [6, 6.07) is 16.8. The Morgan fingerprint density at radius 1 is 0.868 bits per heavy atom. The molecule has 38 heavy (non-hydrogen) atoms. The van der Waals surface area contributed by atoms with Crippen LogP contribution in [0.2, 0.25) is 10.0 Å². The Hall–Kier alpha value is -3.85. The summed E-state index contributed by atoms with van der Waals surface area (Å²) in [5, 5.41) is 5.96. The third kappa shape index (κ3) is 5.83. The van der Waals surface area contributed by atoms with Crippen molar-refractivity contribution < 1.29 is 23.9 Å². The van der Waals surface area contributed by atoms with Crippen LogP contribution >= 0.6 is 34.8 Å². The molecule has 0 unspecified atom stereocenters. The molecule has 0 bridgehead atoms. The second kappa shape index (κ2) is 11.3. The van der Waals surface area contributed by atoms with Gasteiger partial charge in [-0.25, -0.2) is 9.69 Å². The van der Waals surface area contributed by atoms with Crippen molar-refractivity contribution in [2.75, 3.05) is 15.5 Å². The maximum Gasteiger partial charge on any atom is 0.338 e. The van der Waals surface area contributed by atoms with E-state index in [4.69, 9.17) is 39.5 Å². The standard InChI is InChI=1S/C27H20Cl3N3O5/c1-14(2)38-27(37)16-4-3-5-19(12-16)33-25(35)22(30)23(26(33)36)31-18-9-6-15(7-10-18)24(34)32-21-11-8-17(28)13-20(21)29/h3-14,31H,1-2H3,(H,32,34). The van der Waals surface area contributed by atoms with Crippen LogP contribution in [0.15, 0.2) is 77.5 Å². The van der Waals surface area contributed by atoms with Gasteiger partial charge < -0.3 is 15.4 Å². The Labute approximate surface area is 233 Å². The molecule has 2 N–H and O–H groups in total. The van der Waals surface area contributed by atoms with E-state index in [0.717, 1.165) is 4.90 Å². The third-order valence-corrected chi connectivity index (χ3v) is 6.20. The highest BCUT2D eigenvalue weighted by Gasteiger charge is 2.39. The number of rotatable bonds is 7. The second-order valence-corrected chi connectivity index (χ2v) is 9.64. The molecule has 1 aliphatic rings. The quantitative estimate of drug-likeness (QED) is 0.256. The predicted octanol–water partition coefficient (Wildman–Crippen LogP) is 6.25. The summed E-state index contributed by atoms with van der Waals surface area (Å²) < 4.78 is 5.18. The molecule has 8 nitrogen and oxygen atoms in total. The van der Waals surface area contributed by atoms with Gasteiger partial charge in [-0.3, -0.25) is 14.4 Å². The lowest BCUT2D eigenvalue weighted by molar-refractivity contribution is -0.120. The van der Waals surface area contributed by atoms with Crippen LogP contribution < -0.4 is 15.5 Å². The summed E-state index contributed by atoms with van der Waals surface area (Å²) in [5.41, 5.74) is 1.34. The fourth-order valence-corrected chi connectivity index (χ4v) is 4.20. The topological polar surface area (TPSA) is 105 Å². The van der Waals surface area contributed by atoms with E-state index in [1.807, 2.05) is 0 Å². The number of halogens is 3. The summed E-state index contributed by atoms with van der Waals surface area (Å²) in [4.78, 5) is 51.7. The van der Waals surface area contributed by atoms with E-state index in [0.29, 0.717) is 27.0 Å². The minimum absolute atomic E-state index is 0.142. The molecular weight excluding hydrogens is 553 g/mol. The van der Waals surface area contributed by atoms with Crippen molar-refractivity contribution in [1.29, 1.82) is 0 Å². The fraction of sp³-hybridized carbons (Fsp3) is 0.111. The van der Waals surface area contributed by atoms with Crippen LogP contribution in [0.1, 0.15) is 34.6 Å². The first-order chi connectivity index (χ1) is 18.0. The van der Waals surface area contributed by atoms with Gasteiger partial charge >= 0.3 is 5.97 Å². The molecule has 4 rings (SSSR count). The number of hydrogen-bond donors (Lipinski definition) is 2. The van der Waals surface area contributed by atoms with Crippen molar-refractivity contribution in [1.82, 2.24) is 0 Å². The Bertz CT molecular complexity index is 1490. The lowest BCUT2D eigenvalue weighted by Crippen LogP contribution is -2.32. The van der Waals surface area contributed by atoms with Gasteiger partial charge in [-0.05, 0) is 74.5 Å². The maximum atomic E-state index is 13.1. The fourth-order valence-electron chi connectivity index (χ4n) is 3.53. The van der Waals surface area contributed by atoms with E-state index >= 15 is 0 Å². The molecular formula is C27H20Cl3N3O5. The third-order valence-electron chi connectivity index (χ3n) is 5.31. The van der Waals surface area contributed by atoms with E-state index < -0.39 is 23.7 Å². The van der Waals surface area contributed by atoms with Crippen LogP contribution in [0.3, 0.4) is 0 Å². The largest absolute Gasteiger partial charge is 0.459 e. The van der Waals surface area contributed by atoms with Crippen LogP contribution in [0.4, 0.5) is 17.1 Å². The molecule has 0 spiro atoms. The first kappa shape index (κ1) is 27.2. The number of carbonyl (C=O) groups excluding carboxylic acids is 4. The monoisotopic (exact) mass is 571 g/mol. The summed E-state index contributed by atoms with van der Waals surface area (Å²) >= 11 is 18.2. The zero-order chi connectivity index (χ0) is 27.6. The lowest BCUT2D eigenvalue weighted by atomic mass is 10.1. The highest BCUT2D eigenvalue weighted by Crippen LogP contribution is 2.31. The van der Waals surface area contributed by atoms with Crippen molar-refractivity contribution in [2.24, 2.45) is 0 Å². The molecule has 0 fully saturated rings. The first-order valence-corrected chi connectivity index (χ1v) is 12.4. The average molecular weight is 573 g/mol. The molecule has 3 amide bonds. The number of imide groups is 1. The highest BCUT2D eigenvalue weighted by atomic mass is 35.5. The summed E-state index contributed by atoms with van der Waals surface area (Å²) in [6.07, 6.45) is -0.333. The molecule has 0 saturated heterocycles. The number of nitrogens with one attached hydrogen (secondary N) is 2. The molecule has 3 aromatic rings. The number of carbonyl (C=O) groups is 4. The van der Waals surface area contributed by atoms with E-state index in [1.54, 1.807) is 38.1 Å². The number of nitrogens with zero attached hydrogens (tertiary/aromatic N) is 1. The van der Waals surface area contributed by atoms with Gasteiger partial charge in [0.05, 0.1) is 28.1 Å². The van der Waals surface area contributed by atoms with Crippen LogP contribution in [-0.4, -0.2) is 29.8 Å². The molecule has 0 aromatic heterocycles. The Morgan fingerprint density at radius 2 is 1.58 bits per heavy atom. The zero-order valence-electron chi connectivity index (χ0n) is 20.1. The van der Waals surface area contributed by atoms with E-state index in [1.165, 1.54) is 42.5 Å². The summed E-state index contributed by atoms with van der Waals surface area (Å²) in [6.45, 7) is 3.43. The van der Waals surface area contributed by atoms with Gasteiger partial charge in [-0.2, -0.15) is 0 Å². The lowest BCUT2D eigenvalue weighted by Gasteiger charge is -2.16. The first-order valence-electron chi connectivity index (χ1n) is 11.3. The van der Waals surface area contributed by atoms with Crippen LogP contribution in [0, 0.1) is 0 Å². The van der Waals surface area contributed by atoms with Crippen molar-refractivity contribution in [3.63, 3.8) is 0 Å². The molecule has 194 valence electrons. The van der Waals surface area contributed by atoms with Crippen molar-refractivity contribution in [2.45, 2.75) is 20.0 Å². The molecule has 0 aliphatic carbocycles. The second-order valence-electron chi connectivity index (χ2n) is 8.42. The molecule has 11 heteroatoms. The van der Waals surface area contributed by atoms with Gasteiger partial charge in [0.1, 0.15) is 10.7 Å². The number of ether oxygens (including phenoxy) is 1. The van der Waals surface area contributed by atoms with Crippen LogP contribution in [0.25, 0.3) is 0 Å². The van der Waals surface area contributed by atoms with Crippen LogP contribution in [0.5, 0.6) is 0 Å². The van der Waals surface area contributed by atoms with Crippen LogP contribution in [-0.2, 0) is 14.3 Å². The van der Waals surface area contributed by atoms with Gasteiger partial charge in [0.15, 0.2) is 0 Å². The van der Waals surface area contributed by atoms with E-state index in [-0.39, 0.29) is 28.1 Å². The van der Waals surface area contributed by atoms with E-state index in [9.17, 15) is 19.2 Å². The zero-order valence-corrected chi connectivity index (χ0v) is 22.3. The summed E-state index contributed by atoms with van der Waals surface area (Å²) in [7, 11) is 0. The number of esters is 1. The minimum atomic E-state index is -0.746. The number of benzene rings is 3. The number of hydrogen-bond acceptors (Lipinski definition) is 6. The van der Waals surface area contributed by atoms with Crippen molar-refractivity contribution in [3.8, 4) is 0 Å².